The van der Waals surface area contributed by atoms with Gasteiger partial charge >= 0.3 is 0 Å². The standard InChI is InChI=1S/C18H15ClFN3OS/c1-10-15(17(24)22-14-9-5-3-7-12(14)19)16(23-18(25)21-10)11-6-2-4-8-13(11)20/h2-9,16H,1H3,(H,22,24)(H2,21,23,25)/t16-/m1/s1. The lowest BCUT2D eigenvalue weighted by atomic mass is 9.94. The van der Waals surface area contributed by atoms with Crippen LogP contribution in [0.2, 0.25) is 5.02 Å². The number of anilines is 1. The number of thiocarbonyl (C=S) groups is 1. The Bertz CT molecular complexity index is 884. The first-order chi connectivity index (χ1) is 12.0. The van der Waals surface area contributed by atoms with Gasteiger partial charge < -0.3 is 16.0 Å². The number of amides is 1. The average Bonchev–Trinajstić information content (AvgIpc) is 2.56. The number of carbonyl (C=O) groups is 1. The molecule has 0 aliphatic carbocycles. The number of hydrogen-bond acceptors (Lipinski definition) is 2. The van der Waals surface area contributed by atoms with Gasteiger partial charge in [-0.2, -0.15) is 0 Å². The fraction of sp³-hybridized carbons (Fsp3) is 0.111. The maximum atomic E-state index is 14.3. The zero-order valence-electron chi connectivity index (χ0n) is 13.3. The van der Waals surface area contributed by atoms with Gasteiger partial charge in [0.1, 0.15) is 5.82 Å². The van der Waals surface area contributed by atoms with Crippen LogP contribution >= 0.6 is 23.8 Å². The Balaban J connectivity index is 1.99. The molecule has 2 aromatic carbocycles. The van der Waals surface area contributed by atoms with Crippen molar-refractivity contribution < 1.29 is 9.18 Å². The summed E-state index contributed by atoms with van der Waals surface area (Å²) in [5.74, 6) is -0.804. The van der Waals surface area contributed by atoms with Crippen LogP contribution in [0.4, 0.5) is 10.1 Å². The van der Waals surface area contributed by atoms with Crippen LogP contribution in [-0.4, -0.2) is 11.0 Å². The van der Waals surface area contributed by atoms with Crippen molar-refractivity contribution in [1.29, 1.82) is 0 Å². The van der Waals surface area contributed by atoms with E-state index in [1.807, 2.05) is 0 Å². The van der Waals surface area contributed by atoms with Crippen molar-refractivity contribution in [3.05, 3.63) is 76.2 Å². The highest BCUT2D eigenvalue weighted by atomic mass is 35.5. The number of hydrogen-bond donors (Lipinski definition) is 3. The van der Waals surface area contributed by atoms with Crippen molar-refractivity contribution in [3.63, 3.8) is 0 Å². The first-order valence-electron chi connectivity index (χ1n) is 7.56. The van der Waals surface area contributed by atoms with Gasteiger partial charge in [-0.15, -0.1) is 0 Å². The highest BCUT2D eigenvalue weighted by Gasteiger charge is 2.31. The van der Waals surface area contributed by atoms with Crippen molar-refractivity contribution in [2.75, 3.05) is 5.32 Å². The lowest BCUT2D eigenvalue weighted by molar-refractivity contribution is -0.113. The summed E-state index contributed by atoms with van der Waals surface area (Å²) in [6, 6.07) is 12.5. The molecule has 0 spiro atoms. The largest absolute Gasteiger partial charge is 0.351 e. The molecule has 3 rings (SSSR count). The van der Waals surface area contributed by atoms with Crippen LogP contribution in [0, 0.1) is 5.82 Å². The van der Waals surface area contributed by atoms with Crippen LogP contribution in [0.15, 0.2) is 59.8 Å². The van der Waals surface area contributed by atoms with Gasteiger partial charge in [0.2, 0.25) is 0 Å². The van der Waals surface area contributed by atoms with Crippen LogP contribution in [0.5, 0.6) is 0 Å². The lowest BCUT2D eigenvalue weighted by Gasteiger charge is -2.30. The molecule has 3 N–H and O–H groups in total. The minimum absolute atomic E-state index is 0.333. The maximum absolute atomic E-state index is 14.3. The van der Waals surface area contributed by atoms with E-state index in [1.54, 1.807) is 49.4 Å². The van der Waals surface area contributed by atoms with Gasteiger partial charge in [-0.1, -0.05) is 41.9 Å². The molecule has 4 nitrogen and oxygen atoms in total. The maximum Gasteiger partial charge on any atom is 0.255 e. The predicted octanol–water partition coefficient (Wildman–Crippen LogP) is 3.91. The minimum atomic E-state index is -0.697. The molecule has 1 aliphatic heterocycles. The second-order valence-electron chi connectivity index (χ2n) is 5.53. The SMILES string of the molecule is CC1=C(C(=O)Nc2ccccc2Cl)[C@@H](c2ccccc2F)NC(=S)N1. The third-order valence-electron chi connectivity index (χ3n) is 3.85. The van der Waals surface area contributed by atoms with Crippen LogP contribution in [0.1, 0.15) is 18.5 Å². The Morgan fingerprint density at radius 1 is 1.20 bits per heavy atom. The van der Waals surface area contributed by atoms with Crippen molar-refractivity contribution in [2.24, 2.45) is 0 Å². The first-order valence-corrected chi connectivity index (χ1v) is 8.34. The van der Waals surface area contributed by atoms with Crippen LogP contribution in [0.25, 0.3) is 0 Å². The molecule has 0 saturated heterocycles. The first kappa shape index (κ1) is 17.4. The molecule has 0 aromatic heterocycles. The Labute approximate surface area is 155 Å². The summed E-state index contributed by atoms with van der Waals surface area (Å²) in [7, 11) is 0. The van der Waals surface area contributed by atoms with Gasteiger partial charge in [0, 0.05) is 11.3 Å². The molecule has 25 heavy (non-hydrogen) atoms. The van der Waals surface area contributed by atoms with E-state index < -0.39 is 11.9 Å². The number of carbonyl (C=O) groups excluding carboxylic acids is 1. The van der Waals surface area contributed by atoms with E-state index >= 15 is 0 Å². The lowest BCUT2D eigenvalue weighted by Crippen LogP contribution is -2.46. The summed E-state index contributed by atoms with van der Waals surface area (Å²) in [4.78, 5) is 12.9. The Morgan fingerprint density at radius 3 is 2.60 bits per heavy atom. The molecule has 1 atom stereocenters. The molecule has 7 heteroatoms. The summed E-state index contributed by atoms with van der Waals surface area (Å²) in [5, 5.41) is 9.40. The van der Waals surface area contributed by atoms with E-state index in [0.29, 0.717) is 32.7 Å². The Morgan fingerprint density at radius 2 is 1.88 bits per heavy atom. The highest BCUT2D eigenvalue weighted by molar-refractivity contribution is 7.80. The minimum Gasteiger partial charge on any atom is -0.351 e. The Kier molecular flexibility index (Phi) is 5.01. The molecule has 1 aliphatic rings. The zero-order valence-corrected chi connectivity index (χ0v) is 14.8. The normalized spacial score (nSPS) is 16.9. The number of para-hydroxylation sites is 1. The van der Waals surface area contributed by atoms with Gasteiger partial charge in [0.05, 0.1) is 22.3 Å². The monoisotopic (exact) mass is 375 g/mol. The molecular formula is C18H15ClFN3OS. The summed E-state index contributed by atoms with van der Waals surface area (Å²) >= 11 is 11.3. The second kappa shape index (κ2) is 7.21. The van der Waals surface area contributed by atoms with E-state index in [0.717, 1.165) is 0 Å². The van der Waals surface area contributed by atoms with E-state index in [4.69, 9.17) is 23.8 Å². The Hall–Kier alpha value is -2.44. The van der Waals surface area contributed by atoms with Crippen molar-refractivity contribution in [2.45, 2.75) is 13.0 Å². The molecule has 0 unspecified atom stereocenters. The topological polar surface area (TPSA) is 53.2 Å². The van der Waals surface area contributed by atoms with E-state index in [2.05, 4.69) is 16.0 Å². The van der Waals surface area contributed by atoms with Crippen molar-refractivity contribution in [3.8, 4) is 0 Å². The van der Waals surface area contributed by atoms with E-state index in [9.17, 15) is 9.18 Å². The third-order valence-corrected chi connectivity index (χ3v) is 4.40. The van der Waals surface area contributed by atoms with Crippen molar-refractivity contribution in [1.82, 2.24) is 10.6 Å². The number of benzene rings is 2. The molecule has 0 fully saturated rings. The van der Waals surface area contributed by atoms with Crippen molar-refractivity contribution >= 4 is 40.5 Å². The predicted molar refractivity (Wildman–Crippen MR) is 101 cm³/mol. The van der Waals surface area contributed by atoms with Gasteiger partial charge in [0.15, 0.2) is 5.11 Å². The molecule has 0 saturated carbocycles. The number of nitrogens with one attached hydrogen (secondary N) is 3. The quantitative estimate of drug-likeness (QED) is 0.712. The van der Waals surface area contributed by atoms with E-state index in [1.165, 1.54) is 6.07 Å². The molecule has 1 heterocycles. The highest BCUT2D eigenvalue weighted by Crippen LogP contribution is 2.30. The third kappa shape index (κ3) is 3.65. The van der Waals surface area contributed by atoms with Gasteiger partial charge in [-0.05, 0) is 37.3 Å². The van der Waals surface area contributed by atoms with Gasteiger partial charge in [-0.3, -0.25) is 4.79 Å². The van der Waals surface area contributed by atoms with E-state index in [-0.39, 0.29) is 5.91 Å². The molecule has 1 amide bonds. The summed E-state index contributed by atoms with van der Waals surface area (Å²) in [6.07, 6.45) is 0. The zero-order chi connectivity index (χ0) is 18.0. The number of halogens is 2. The van der Waals surface area contributed by atoms with Gasteiger partial charge in [-0.25, -0.2) is 4.39 Å². The van der Waals surface area contributed by atoms with Gasteiger partial charge in [0.25, 0.3) is 5.91 Å². The molecule has 0 radical (unpaired) electrons. The number of rotatable bonds is 3. The second-order valence-corrected chi connectivity index (χ2v) is 6.34. The fourth-order valence-corrected chi connectivity index (χ4v) is 3.14. The van der Waals surface area contributed by atoms with Crippen LogP contribution < -0.4 is 16.0 Å². The molecule has 0 bridgehead atoms. The summed E-state index contributed by atoms with van der Waals surface area (Å²) in [5.41, 5.74) is 1.73. The molecule has 128 valence electrons. The fourth-order valence-electron chi connectivity index (χ4n) is 2.69. The van der Waals surface area contributed by atoms with Crippen LogP contribution in [0.3, 0.4) is 0 Å². The smallest absolute Gasteiger partial charge is 0.255 e. The average molecular weight is 376 g/mol. The number of allylic oxidation sites excluding steroid dienone is 1. The molecular weight excluding hydrogens is 361 g/mol. The summed E-state index contributed by atoms with van der Waals surface area (Å²) < 4.78 is 14.3. The molecule has 2 aromatic rings. The summed E-state index contributed by atoms with van der Waals surface area (Å²) in [6.45, 7) is 1.72. The van der Waals surface area contributed by atoms with Crippen LogP contribution in [-0.2, 0) is 4.79 Å².